The van der Waals surface area contributed by atoms with Crippen LogP contribution in [0.15, 0.2) is 29.3 Å². The minimum Gasteiger partial charge on any atom is -0.477 e. The van der Waals surface area contributed by atoms with Crippen molar-refractivity contribution in [1.82, 2.24) is 15.3 Å². The fourth-order valence-electron chi connectivity index (χ4n) is 3.39. The highest BCUT2D eigenvalue weighted by molar-refractivity contribution is 8.00. The second-order valence-electron chi connectivity index (χ2n) is 7.02. The Morgan fingerprint density at radius 3 is 2.80 bits per heavy atom. The van der Waals surface area contributed by atoms with E-state index in [0.717, 1.165) is 20.8 Å². The summed E-state index contributed by atoms with van der Waals surface area (Å²) in [6.45, 7) is 6.16. The molecule has 156 valence electrons. The van der Waals surface area contributed by atoms with Gasteiger partial charge in [0.2, 0.25) is 5.91 Å². The van der Waals surface area contributed by atoms with E-state index in [-0.39, 0.29) is 24.1 Å². The minimum atomic E-state index is -0.742. The fraction of sp³-hybridized carbons (Fsp3) is 0.333. The molecule has 0 aliphatic carbocycles. The van der Waals surface area contributed by atoms with E-state index in [2.05, 4.69) is 29.1 Å². The molecule has 0 radical (unpaired) electrons. The second-order valence-corrected chi connectivity index (χ2v) is 9.19. The van der Waals surface area contributed by atoms with Crippen molar-refractivity contribution in [2.45, 2.75) is 31.9 Å². The number of amides is 2. The van der Waals surface area contributed by atoms with Gasteiger partial charge in [-0.1, -0.05) is 23.9 Å². The van der Waals surface area contributed by atoms with Gasteiger partial charge in [-0.05, 0) is 38.5 Å². The predicted octanol–water partition coefficient (Wildman–Crippen LogP) is 3.25. The zero-order valence-electron chi connectivity index (χ0n) is 17.2. The average molecular weight is 443 g/mol. The number of aryl methyl sites for hydroxylation is 3. The maximum absolute atomic E-state index is 13.2. The Morgan fingerprint density at radius 1 is 1.27 bits per heavy atom. The van der Waals surface area contributed by atoms with Gasteiger partial charge in [0.15, 0.2) is 6.10 Å². The number of nitrogens with one attached hydrogen (secondary N) is 1. The van der Waals surface area contributed by atoms with Crippen molar-refractivity contribution in [2.24, 2.45) is 0 Å². The monoisotopic (exact) mass is 442 g/mol. The number of anilines is 1. The summed E-state index contributed by atoms with van der Waals surface area (Å²) in [4.78, 5) is 38.2. The van der Waals surface area contributed by atoms with Crippen LogP contribution in [0, 0.1) is 20.8 Å². The topological polar surface area (TPSA) is 84.4 Å². The van der Waals surface area contributed by atoms with E-state index < -0.39 is 6.10 Å². The van der Waals surface area contributed by atoms with Crippen LogP contribution in [0.5, 0.6) is 5.75 Å². The first-order chi connectivity index (χ1) is 14.4. The number of rotatable bonds is 4. The SMILES string of the molecule is CNC(=O)C1CN(C(=O)CSc2nc(C)nc3sc(C)c(C)c23)c2ccccc2O1. The standard InChI is InChI=1S/C21H22N4O3S2/c1-11-12(2)30-21-18(11)20(23-13(3)24-21)29-10-17(26)25-9-16(19(27)22-4)28-15-8-6-5-7-14(15)25/h5-8,16H,9-10H2,1-4H3,(H,22,27). The number of nitrogens with zero attached hydrogens (tertiary/aromatic N) is 3. The molecule has 0 saturated heterocycles. The van der Waals surface area contributed by atoms with Gasteiger partial charge >= 0.3 is 0 Å². The lowest BCUT2D eigenvalue weighted by Gasteiger charge is -2.34. The average Bonchev–Trinajstić information content (AvgIpc) is 3.03. The molecule has 1 aliphatic heterocycles. The lowest BCUT2D eigenvalue weighted by molar-refractivity contribution is -0.127. The van der Waals surface area contributed by atoms with Gasteiger partial charge in [-0.2, -0.15) is 0 Å². The van der Waals surface area contributed by atoms with Gasteiger partial charge in [0, 0.05) is 17.3 Å². The van der Waals surface area contributed by atoms with Crippen LogP contribution in [0.1, 0.15) is 16.3 Å². The summed E-state index contributed by atoms with van der Waals surface area (Å²) in [6.07, 6.45) is -0.742. The number of thioether (sulfide) groups is 1. The van der Waals surface area contributed by atoms with Crippen LogP contribution >= 0.6 is 23.1 Å². The third-order valence-corrected chi connectivity index (χ3v) is 7.11. The van der Waals surface area contributed by atoms with Crippen LogP contribution in [-0.2, 0) is 9.59 Å². The summed E-state index contributed by atoms with van der Waals surface area (Å²) in [5, 5.41) is 4.43. The van der Waals surface area contributed by atoms with Crippen LogP contribution in [0.2, 0.25) is 0 Å². The van der Waals surface area contributed by atoms with Gasteiger partial charge in [0.05, 0.1) is 18.0 Å². The highest BCUT2D eigenvalue weighted by atomic mass is 32.2. The van der Waals surface area contributed by atoms with Crippen molar-refractivity contribution in [3.63, 3.8) is 0 Å². The van der Waals surface area contributed by atoms with E-state index in [1.807, 2.05) is 25.1 Å². The summed E-state index contributed by atoms with van der Waals surface area (Å²) in [6, 6.07) is 7.28. The Labute approximate surface area is 182 Å². The number of para-hydroxylation sites is 2. The number of hydrogen-bond donors (Lipinski definition) is 1. The zero-order valence-corrected chi connectivity index (χ0v) is 18.8. The van der Waals surface area contributed by atoms with E-state index in [4.69, 9.17) is 4.74 Å². The molecule has 1 N–H and O–H groups in total. The number of aromatic nitrogens is 2. The Morgan fingerprint density at radius 2 is 2.03 bits per heavy atom. The molecule has 0 bridgehead atoms. The van der Waals surface area contributed by atoms with Gasteiger partial charge in [-0.15, -0.1) is 11.3 Å². The number of benzene rings is 1. The maximum atomic E-state index is 13.2. The van der Waals surface area contributed by atoms with Gasteiger partial charge in [0.1, 0.15) is 21.4 Å². The molecule has 1 aromatic carbocycles. The zero-order chi connectivity index (χ0) is 21.4. The van der Waals surface area contributed by atoms with E-state index in [0.29, 0.717) is 17.3 Å². The fourth-order valence-corrected chi connectivity index (χ4v) is 5.54. The number of fused-ring (bicyclic) bond motifs is 2. The highest BCUT2D eigenvalue weighted by Crippen LogP contribution is 2.37. The first-order valence-electron chi connectivity index (χ1n) is 9.53. The van der Waals surface area contributed by atoms with Crippen LogP contribution in [0.3, 0.4) is 0 Å². The predicted molar refractivity (Wildman–Crippen MR) is 120 cm³/mol. The Balaban J connectivity index is 1.60. The summed E-state index contributed by atoms with van der Waals surface area (Å²) in [5.74, 6) is 1.07. The van der Waals surface area contributed by atoms with Crippen molar-refractivity contribution < 1.29 is 14.3 Å². The Kier molecular flexibility index (Phi) is 5.66. The molecule has 3 heterocycles. The highest BCUT2D eigenvalue weighted by Gasteiger charge is 2.33. The molecule has 1 atom stereocenters. The van der Waals surface area contributed by atoms with Crippen molar-refractivity contribution in [3.05, 3.63) is 40.5 Å². The number of carbonyl (C=O) groups excluding carboxylic acids is 2. The molecule has 7 nitrogen and oxygen atoms in total. The number of ether oxygens (including phenoxy) is 1. The number of likely N-dealkylation sites (N-methyl/N-ethyl adjacent to an activating group) is 1. The summed E-state index contributed by atoms with van der Waals surface area (Å²) < 4.78 is 5.79. The third kappa shape index (κ3) is 3.75. The molecule has 0 saturated carbocycles. The Bertz CT molecular complexity index is 1140. The molecule has 9 heteroatoms. The van der Waals surface area contributed by atoms with Crippen LogP contribution < -0.4 is 15.0 Å². The van der Waals surface area contributed by atoms with Crippen LogP contribution in [0.4, 0.5) is 5.69 Å². The van der Waals surface area contributed by atoms with Gasteiger partial charge in [-0.3, -0.25) is 9.59 Å². The normalized spacial score (nSPS) is 15.6. The van der Waals surface area contributed by atoms with E-state index in [1.54, 1.807) is 29.4 Å². The summed E-state index contributed by atoms with van der Waals surface area (Å²) in [5.41, 5.74) is 1.83. The molecule has 0 fully saturated rings. The smallest absolute Gasteiger partial charge is 0.262 e. The quantitative estimate of drug-likeness (QED) is 0.493. The summed E-state index contributed by atoms with van der Waals surface area (Å²) in [7, 11) is 1.56. The molecular formula is C21H22N4O3S2. The second kappa shape index (κ2) is 8.23. The Hall–Kier alpha value is -2.65. The minimum absolute atomic E-state index is 0.0985. The molecule has 0 spiro atoms. The third-order valence-electron chi connectivity index (χ3n) is 5.05. The molecule has 1 unspecified atom stereocenters. The first-order valence-corrected chi connectivity index (χ1v) is 11.3. The van der Waals surface area contributed by atoms with Crippen molar-refractivity contribution in [3.8, 4) is 5.75 Å². The van der Waals surface area contributed by atoms with E-state index in [9.17, 15) is 9.59 Å². The molecule has 4 rings (SSSR count). The van der Waals surface area contributed by atoms with Gasteiger partial charge in [-0.25, -0.2) is 9.97 Å². The van der Waals surface area contributed by atoms with Crippen molar-refractivity contribution >= 4 is 50.8 Å². The van der Waals surface area contributed by atoms with Crippen LogP contribution in [0.25, 0.3) is 10.2 Å². The summed E-state index contributed by atoms with van der Waals surface area (Å²) >= 11 is 3.05. The molecule has 1 aliphatic rings. The molecule has 2 amide bonds. The largest absolute Gasteiger partial charge is 0.477 e. The lowest BCUT2D eigenvalue weighted by Crippen LogP contribution is -2.50. The van der Waals surface area contributed by atoms with Crippen molar-refractivity contribution in [1.29, 1.82) is 0 Å². The maximum Gasteiger partial charge on any atom is 0.262 e. The van der Waals surface area contributed by atoms with E-state index >= 15 is 0 Å². The molecule has 2 aromatic heterocycles. The molecular weight excluding hydrogens is 420 g/mol. The van der Waals surface area contributed by atoms with Crippen LogP contribution in [-0.4, -0.2) is 47.2 Å². The van der Waals surface area contributed by atoms with E-state index in [1.165, 1.54) is 16.6 Å². The molecule has 3 aromatic rings. The van der Waals surface area contributed by atoms with Gasteiger partial charge in [0.25, 0.3) is 5.91 Å². The van der Waals surface area contributed by atoms with Gasteiger partial charge < -0.3 is 15.0 Å². The lowest BCUT2D eigenvalue weighted by atomic mass is 10.2. The first kappa shape index (κ1) is 20.6. The number of carbonyl (C=O) groups is 2. The number of thiophene rings is 1. The number of hydrogen-bond acceptors (Lipinski definition) is 7. The van der Waals surface area contributed by atoms with Crippen molar-refractivity contribution in [2.75, 3.05) is 24.2 Å². The molecule has 30 heavy (non-hydrogen) atoms.